The number of fused-ring (bicyclic) bond motifs is 4. The summed E-state index contributed by atoms with van der Waals surface area (Å²) < 4.78 is 4.94. The molecule has 274 valence electrons. The van der Waals surface area contributed by atoms with Crippen LogP contribution in [0, 0.1) is 13.8 Å². The number of hydrogen-bond acceptors (Lipinski definition) is 11. The van der Waals surface area contributed by atoms with E-state index in [1.165, 1.54) is 43.7 Å². The maximum absolute atomic E-state index is 5.01. The first-order valence-electron chi connectivity index (χ1n) is 17.5. The topological polar surface area (TPSA) is 134 Å². The third-order valence-corrected chi connectivity index (χ3v) is 11.3. The van der Waals surface area contributed by atoms with Crippen LogP contribution in [0.5, 0.6) is 0 Å². The van der Waals surface area contributed by atoms with Crippen molar-refractivity contribution < 1.29 is 15.7 Å². The average Bonchev–Trinajstić information content (AvgIpc) is 3.85. The van der Waals surface area contributed by atoms with E-state index in [1.54, 1.807) is 22.7 Å². The van der Waals surface area contributed by atoms with E-state index in [0.717, 1.165) is 100.0 Å². The molecule has 0 aliphatic carbocycles. The second-order valence-corrected chi connectivity index (χ2v) is 15.8. The van der Waals surface area contributed by atoms with Crippen molar-refractivity contribution >= 4 is 67.1 Å². The van der Waals surface area contributed by atoms with E-state index in [2.05, 4.69) is 119 Å². The van der Waals surface area contributed by atoms with Gasteiger partial charge in [0.25, 0.3) is 0 Å². The molecule has 7 heterocycles. The lowest BCUT2D eigenvalue weighted by atomic mass is 10.2. The number of nitrogens with zero attached hydrogens (tertiary/aromatic N) is 6. The molecule has 9 rings (SSSR count). The minimum atomic E-state index is 0. The fourth-order valence-corrected chi connectivity index (χ4v) is 8.36. The second-order valence-electron chi connectivity index (χ2n) is 13.3. The first-order valence-corrected chi connectivity index (χ1v) is 19.1. The standard InChI is InChI=1S/2C17H20N4S.C4H8O.2H2O/c2*1-12-11-13-16(21-9-7-20(2)8-10-21)18-14-5-3-4-6-15(14)19-17(13)22-12;1-2-4-5-3-1;;/h2*3-6,11,19H,7-10H2,1-2H3;1-4H2;2*1H2. The Balaban J connectivity index is 0.000000168. The normalized spacial score (nSPS) is 18.0. The Labute approximate surface area is 309 Å². The molecule has 0 bridgehead atoms. The fourth-order valence-electron chi connectivity index (χ4n) is 6.52. The summed E-state index contributed by atoms with van der Waals surface area (Å²) in [6.07, 6.45) is 2.56. The van der Waals surface area contributed by atoms with Crippen molar-refractivity contribution in [3.8, 4) is 0 Å². The van der Waals surface area contributed by atoms with Crippen LogP contribution in [-0.4, -0.2) is 122 Å². The lowest BCUT2D eigenvalue weighted by Crippen LogP contribution is -2.47. The zero-order valence-corrected chi connectivity index (χ0v) is 31.8. The number of piperazine rings is 2. The quantitative estimate of drug-likeness (QED) is 0.226. The number of rotatable bonds is 0. The Kier molecular flexibility index (Phi) is 13.3. The molecule has 3 fully saturated rings. The Hall–Kier alpha value is -3.82. The molecular formula is C38H52N8O3S2. The van der Waals surface area contributed by atoms with Gasteiger partial charge < -0.3 is 45.9 Å². The van der Waals surface area contributed by atoms with Crippen molar-refractivity contribution in [2.75, 3.05) is 90.3 Å². The minimum absolute atomic E-state index is 0. The van der Waals surface area contributed by atoms with Gasteiger partial charge in [-0.1, -0.05) is 24.3 Å². The van der Waals surface area contributed by atoms with Crippen LogP contribution in [0.15, 0.2) is 70.6 Å². The summed E-state index contributed by atoms with van der Waals surface area (Å²) >= 11 is 3.61. The molecule has 6 N–H and O–H groups in total. The van der Waals surface area contributed by atoms with Gasteiger partial charge >= 0.3 is 0 Å². The second kappa shape index (κ2) is 17.6. The molecule has 5 aliphatic rings. The van der Waals surface area contributed by atoms with Crippen LogP contribution in [0.2, 0.25) is 0 Å². The molecule has 0 radical (unpaired) electrons. The van der Waals surface area contributed by atoms with E-state index in [1.807, 2.05) is 0 Å². The zero-order valence-electron chi connectivity index (χ0n) is 30.2. The molecule has 0 amide bonds. The summed E-state index contributed by atoms with van der Waals surface area (Å²) in [7, 11) is 4.37. The molecule has 13 heteroatoms. The average molecular weight is 733 g/mol. The molecule has 2 aromatic heterocycles. The highest BCUT2D eigenvalue weighted by Crippen LogP contribution is 2.40. The smallest absolute Gasteiger partial charge is 0.139 e. The number of likely N-dealkylation sites (N-methyl/N-ethyl adjacent to an activating group) is 2. The Morgan fingerprint density at radius 1 is 0.588 bits per heavy atom. The molecule has 5 aliphatic heterocycles. The third-order valence-electron chi connectivity index (χ3n) is 9.38. The van der Waals surface area contributed by atoms with Gasteiger partial charge in [0.1, 0.15) is 21.7 Å². The molecule has 0 saturated carbocycles. The number of nitrogens with one attached hydrogen (secondary N) is 2. The van der Waals surface area contributed by atoms with Gasteiger partial charge in [0.05, 0.1) is 33.9 Å². The predicted octanol–water partition coefficient (Wildman–Crippen LogP) is 6.03. The lowest BCUT2D eigenvalue weighted by molar-refractivity contribution is 0.198. The van der Waals surface area contributed by atoms with E-state index < -0.39 is 0 Å². The number of aryl methyl sites for hydroxylation is 2. The van der Waals surface area contributed by atoms with Crippen LogP contribution < -0.4 is 10.6 Å². The highest BCUT2D eigenvalue weighted by Gasteiger charge is 2.27. The largest absolute Gasteiger partial charge is 0.412 e. The van der Waals surface area contributed by atoms with Gasteiger partial charge in [0.2, 0.25) is 0 Å². The number of thiophene rings is 2. The molecule has 4 aromatic rings. The van der Waals surface area contributed by atoms with Gasteiger partial charge in [-0.05, 0) is 77.2 Å². The van der Waals surface area contributed by atoms with Crippen molar-refractivity contribution in [1.82, 2.24) is 19.6 Å². The highest BCUT2D eigenvalue weighted by molar-refractivity contribution is 7.17. The number of para-hydroxylation sites is 4. The molecular weight excluding hydrogens is 681 g/mol. The van der Waals surface area contributed by atoms with Gasteiger partial charge in [-0.3, -0.25) is 0 Å². The number of amidine groups is 2. The summed E-state index contributed by atoms with van der Waals surface area (Å²) in [4.78, 5) is 22.3. The van der Waals surface area contributed by atoms with E-state index in [0.29, 0.717) is 0 Å². The van der Waals surface area contributed by atoms with E-state index >= 15 is 0 Å². The number of anilines is 4. The first-order chi connectivity index (χ1) is 23.9. The van der Waals surface area contributed by atoms with Crippen molar-refractivity contribution in [3.05, 3.63) is 81.5 Å². The van der Waals surface area contributed by atoms with E-state index in [-0.39, 0.29) is 11.0 Å². The van der Waals surface area contributed by atoms with Crippen molar-refractivity contribution in [1.29, 1.82) is 0 Å². The summed E-state index contributed by atoms with van der Waals surface area (Å²) in [6.45, 7) is 14.8. The van der Waals surface area contributed by atoms with Crippen molar-refractivity contribution in [2.24, 2.45) is 9.98 Å². The van der Waals surface area contributed by atoms with Gasteiger partial charge in [-0.15, -0.1) is 22.7 Å². The molecule has 0 unspecified atom stereocenters. The molecule has 0 spiro atoms. The Morgan fingerprint density at radius 2 is 0.980 bits per heavy atom. The van der Waals surface area contributed by atoms with Gasteiger partial charge in [0, 0.05) is 75.3 Å². The number of aliphatic imine (C=N–C) groups is 2. The molecule has 2 aromatic carbocycles. The van der Waals surface area contributed by atoms with Crippen LogP contribution in [0.3, 0.4) is 0 Å². The van der Waals surface area contributed by atoms with Gasteiger partial charge in [-0.25, -0.2) is 9.98 Å². The zero-order chi connectivity index (χ0) is 33.7. The Morgan fingerprint density at radius 3 is 1.35 bits per heavy atom. The third kappa shape index (κ3) is 9.16. The predicted molar refractivity (Wildman–Crippen MR) is 215 cm³/mol. The SMILES string of the molecule is C1CCOC1.Cc1cc2c(s1)Nc1ccccc1N=C2N1CCN(C)CC1.Cc1cc2c(s1)Nc1ccccc1N=C2N1CCN(C)CC1.O.O. The number of ether oxygens (including phenoxy) is 1. The van der Waals surface area contributed by atoms with Crippen LogP contribution in [0.25, 0.3) is 0 Å². The molecule has 0 atom stereocenters. The van der Waals surface area contributed by atoms with E-state index in [9.17, 15) is 0 Å². The maximum atomic E-state index is 5.01. The highest BCUT2D eigenvalue weighted by atomic mass is 32.1. The molecule has 51 heavy (non-hydrogen) atoms. The summed E-state index contributed by atoms with van der Waals surface area (Å²) in [5.41, 5.74) is 6.71. The minimum Gasteiger partial charge on any atom is -0.412 e. The van der Waals surface area contributed by atoms with E-state index in [4.69, 9.17) is 14.7 Å². The van der Waals surface area contributed by atoms with Gasteiger partial charge in [-0.2, -0.15) is 0 Å². The fraction of sp³-hybridized carbons (Fsp3) is 0.421. The summed E-state index contributed by atoms with van der Waals surface area (Å²) in [5.74, 6) is 2.23. The lowest BCUT2D eigenvalue weighted by Gasteiger charge is -2.34. The molecule has 11 nitrogen and oxygen atoms in total. The van der Waals surface area contributed by atoms with Crippen LogP contribution >= 0.6 is 22.7 Å². The number of benzene rings is 2. The monoisotopic (exact) mass is 732 g/mol. The van der Waals surface area contributed by atoms with Crippen LogP contribution in [-0.2, 0) is 4.74 Å². The molecule has 3 saturated heterocycles. The van der Waals surface area contributed by atoms with Crippen LogP contribution in [0.4, 0.5) is 32.8 Å². The van der Waals surface area contributed by atoms with Crippen molar-refractivity contribution in [3.63, 3.8) is 0 Å². The van der Waals surface area contributed by atoms with Gasteiger partial charge in [0.15, 0.2) is 0 Å². The van der Waals surface area contributed by atoms with Crippen molar-refractivity contribution in [2.45, 2.75) is 26.7 Å². The maximum Gasteiger partial charge on any atom is 0.139 e. The number of hydrogen-bond donors (Lipinski definition) is 2. The van der Waals surface area contributed by atoms with Crippen LogP contribution in [0.1, 0.15) is 33.7 Å². The first kappa shape index (κ1) is 38.4. The Bertz CT molecular complexity index is 1670. The summed E-state index contributed by atoms with van der Waals surface area (Å²) in [5, 5.41) is 9.55. The summed E-state index contributed by atoms with van der Waals surface area (Å²) in [6, 6.07) is 21.1.